The average molecular weight is 451 g/mol. The summed E-state index contributed by atoms with van der Waals surface area (Å²) in [6.07, 6.45) is 4.91. The van der Waals surface area contributed by atoms with Crippen LogP contribution in [0.25, 0.3) is 5.82 Å². The zero-order valence-corrected chi connectivity index (χ0v) is 18.6. The molecule has 32 heavy (non-hydrogen) atoms. The standard InChI is InChI=1S/C22H22N6O3S/c1-15-16(2)20(10-9-19(15)31-3)32(29,30)27-18-7-5-17(6-8-18)26-21-13-22(24-14-23-21)28-12-4-11-25-28/h4-14,27H,1-3H3,(H,23,24,26). The monoisotopic (exact) mass is 450 g/mol. The van der Waals surface area contributed by atoms with E-state index in [1.807, 2.05) is 13.0 Å². The third-order valence-electron chi connectivity index (χ3n) is 5.00. The van der Waals surface area contributed by atoms with Crippen LogP contribution in [0.1, 0.15) is 11.1 Å². The summed E-state index contributed by atoms with van der Waals surface area (Å²) in [5.41, 5.74) is 2.62. The van der Waals surface area contributed by atoms with Crippen LogP contribution in [0, 0.1) is 13.8 Å². The molecule has 0 saturated heterocycles. The van der Waals surface area contributed by atoms with Crippen molar-refractivity contribution in [1.29, 1.82) is 0 Å². The molecule has 0 radical (unpaired) electrons. The normalized spacial score (nSPS) is 11.2. The van der Waals surface area contributed by atoms with Gasteiger partial charge < -0.3 is 10.1 Å². The van der Waals surface area contributed by atoms with Gasteiger partial charge in [-0.3, -0.25) is 4.72 Å². The molecule has 10 heteroatoms. The molecule has 9 nitrogen and oxygen atoms in total. The van der Waals surface area contributed by atoms with Crippen molar-refractivity contribution in [1.82, 2.24) is 19.7 Å². The Morgan fingerprint density at radius 3 is 2.41 bits per heavy atom. The van der Waals surface area contributed by atoms with E-state index in [-0.39, 0.29) is 4.90 Å². The van der Waals surface area contributed by atoms with Gasteiger partial charge in [-0.1, -0.05) is 0 Å². The van der Waals surface area contributed by atoms with Gasteiger partial charge in [0.2, 0.25) is 0 Å². The minimum absolute atomic E-state index is 0.213. The lowest BCUT2D eigenvalue weighted by atomic mass is 10.1. The van der Waals surface area contributed by atoms with Gasteiger partial charge in [-0.25, -0.2) is 23.1 Å². The summed E-state index contributed by atoms with van der Waals surface area (Å²) in [7, 11) is -2.19. The Hall–Kier alpha value is -3.92. The molecule has 2 aromatic heterocycles. The Labute approximate surface area is 186 Å². The first-order chi connectivity index (χ1) is 15.4. The van der Waals surface area contributed by atoms with Crippen LogP contribution in [0.2, 0.25) is 0 Å². The second kappa shape index (κ2) is 8.67. The van der Waals surface area contributed by atoms with E-state index in [1.165, 1.54) is 6.33 Å². The van der Waals surface area contributed by atoms with Crippen LogP contribution in [0.5, 0.6) is 5.75 Å². The summed E-state index contributed by atoms with van der Waals surface area (Å²) in [5.74, 6) is 1.86. The van der Waals surface area contributed by atoms with Crippen LogP contribution in [0.3, 0.4) is 0 Å². The first-order valence-electron chi connectivity index (χ1n) is 9.73. The highest BCUT2D eigenvalue weighted by atomic mass is 32.2. The van der Waals surface area contributed by atoms with E-state index in [4.69, 9.17) is 4.74 Å². The lowest BCUT2D eigenvalue weighted by Crippen LogP contribution is -2.15. The molecule has 0 aliphatic heterocycles. The molecule has 0 bridgehead atoms. The molecule has 0 amide bonds. The maximum atomic E-state index is 12.9. The summed E-state index contributed by atoms with van der Waals surface area (Å²) >= 11 is 0. The lowest BCUT2D eigenvalue weighted by Gasteiger charge is -2.14. The molecule has 2 aromatic carbocycles. The highest BCUT2D eigenvalue weighted by Crippen LogP contribution is 2.28. The Kier molecular flexibility index (Phi) is 5.78. The van der Waals surface area contributed by atoms with E-state index in [0.29, 0.717) is 28.6 Å². The number of hydrogen-bond acceptors (Lipinski definition) is 7. The van der Waals surface area contributed by atoms with Gasteiger partial charge in [-0.15, -0.1) is 0 Å². The van der Waals surface area contributed by atoms with Crippen molar-refractivity contribution < 1.29 is 13.2 Å². The topological polar surface area (TPSA) is 111 Å². The minimum atomic E-state index is -3.75. The number of nitrogens with zero attached hydrogens (tertiary/aromatic N) is 4. The van der Waals surface area contributed by atoms with Crippen LogP contribution in [0.15, 0.2) is 72.1 Å². The summed E-state index contributed by atoms with van der Waals surface area (Å²) in [6.45, 7) is 3.59. The van der Waals surface area contributed by atoms with Gasteiger partial charge in [0.25, 0.3) is 10.0 Å². The van der Waals surface area contributed by atoms with E-state index < -0.39 is 10.0 Å². The van der Waals surface area contributed by atoms with E-state index in [1.54, 1.807) is 73.6 Å². The zero-order valence-electron chi connectivity index (χ0n) is 17.8. The SMILES string of the molecule is COc1ccc(S(=O)(=O)Nc2ccc(Nc3cc(-n4cccn4)ncn3)cc2)c(C)c1C. The zero-order chi connectivity index (χ0) is 22.7. The minimum Gasteiger partial charge on any atom is -0.496 e. The van der Waals surface area contributed by atoms with Gasteiger partial charge >= 0.3 is 0 Å². The second-order valence-electron chi connectivity index (χ2n) is 7.04. The summed E-state index contributed by atoms with van der Waals surface area (Å²) in [6, 6.07) is 13.7. The molecule has 2 N–H and O–H groups in total. The number of benzene rings is 2. The smallest absolute Gasteiger partial charge is 0.262 e. The van der Waals surface area contributed by atoms with Crippen LogP contribution in [0.4, 0.5) is 17.2 Å². The van der Waals surface area contributed by atoms with Gasteiger partial charge in [0.05, 0.1) is 12.0 Å². The van der Waals surface area contributed by atoms with Crippen molar-refractivity contribution in [3.63, 3.8) is 0 Å². The maximum Gasteiger partial charge on any atom is 0.262 e. The van der Waals surface area contributed by atoms with Crippen molar-refractivity contribution in [3.8, 4) is 11.6 Å². The van der Waals surface area contributed by atoms with Gasteiger partial charge in [0.1, 0.15) is 17.9 Å². The summed E-state index contributed by atoms with van der Waals surface area (Å²) < 4.78 is 35.3. The number of anilines is 3. The van der Waals surface area contributed by atoms with Crippen LogP contribution < -0.4 is 14.8 Å². The Morgan fingerprint density at radius 1 is 0.969 bits per heavy atom. The molecule has 0 aliphatic rings. The number of hydrogen-bond donors (Lipinski definition) is 2. The number of aromatic nitrogens is 4. The van der Waals surface area contributed by atoms with E-state index >= 15 is 0 Å². The second-order valence-corrected chi connectivity index (χ2v) is 8.69. The number of sulfonamides is 1. The van der Waals surface area contributed by atoms with Crippen molar-refractivity contribution in [2.45, 2.75) is 18.7 Å². The van der Waals surface area contributed by atoms with Crippen LogP contribution >= 0.6 is 0 Å². The molecule has 164 valence electrons. The van der Waals surface area contributed by atoms with Crippen LogP contribution in [-0.4, -0.2) is 35.3 Å². The fourth-order valence-corrected chi connectivity index (χ4v) is 4.57. The number of methoxy groups -OCH3 is 1. The third kappa shape index (κ3) is 4.40. The van der Waals surface area contributed by atoms with Crippen LogP contribution in [-0.2, 0) is 10.0 Å². The van der Waals surface area contributed by atoms with E-state index in [0.717, 1.165) is 11.3 Å². The van der Waals surface area contributed by atoms with Crippen molar-refractivity contribution in [3.05, 3.63) is 78.4 Å². The molecule has 0 aliphatic carbocycles. The molecule has 0 saturated carbocycles. The molecule has 2 heterocycles. The molecule has 0 fully saturated rings. The average Bonchev–Trinajstić information content (AvgIpc) is 3.32. The van der Waals surface area contributed by atoms with Gasteiger partial charge in [-0.2, -0.15) is 5.10 Å². The van der Waals surface area contributed by atoms with Gasteiger partial charge in [0, 0.05) is 29.8 Å². The Balaban J connectivity index is 1.50. The van der Waals surface area contributed by atoms with Crippen molar-refractivity contribution >= 4 is 27.2 Å². The molecule has 4 rings (SSSR count). The molecule has 0 atom stereocenters. The number of ether oxygens (including phenoxy) is 1. The largest absolute Gasteiger partial charge is 0.496 e. The highest BCUT2D eigenvalue weighted by Gasteiger charge is 2.19. The fraction of sp³-hybridized carbons (Fsp3) is 0.136. The molecule has 4 aromatic rings. The number of nitrogens with one attached hydrogen (secondary N) is 2. The quantitative estimate of drug-likeness (QED) is 0.440. The highest BCUT2D eigenvalue weighted by molar-refractivity contribution is 7.92. The molecule has 0 spiro atoms. The lowest BCUT2D eigenvalue weighted by molar-refractivity contribution is 0.411. The molecule has 0 unspecified atom stereocenters. The van der Waals surface area contributed by atoms with Gasteiger partial charge in [-0.05, 0) is 67.4 Å². The first-order valence-corrected chi connectivity index (χ1v) is 11.2. The fourth-order valence-electron chi connectivity index (χ4n) is 3.21. The summed E-state index contributed by atoms with van der Waals surface area (Å²) in [5, 5.41) is 7.33. The first kappa shape index (κ1) is 21.3. The van der Waals surface area contributed by atoms with Gasteiger partial charge in [0.15, 0.2) is 5.82 Å². The Bertz CT molecular complexity index is 1340. The van der Waals surface area contributed by atoms with Crippen molar-refractivity contribution in [2.75, 3.05) is 17.1 Å². The van der Waals surface area contributed by atoms with E-state index in [9.17, 15) is 8.42 Å². The Morgan fingerprint density at radius 2 is 1.72 bits per heavy atom. The summed E-state index contributed by atoms with van der Waals surface area (Å²) in [4.78, 5) is 8.62. The predicted molar refractivity (Wildman–Crippen MR) is 122 cm³/mol. The maximum absolute atomic E-state index is 12.9. The predicted octanol–water partition coefficient (Wildman–Crippen LogP) is 3.83. The molecular formula is C22H22N6O3S. The number of rotatable bonds is 7. The van der Waals surface area contributed by atoms with E-state index in [2.05, 4.69) is 25.1 Å². The molecular weight excluding hydrogens is 428 g/mol. The third-order valence-corrected chi connectivity index (χ3v) is 6.52. The van der Waals surface area contributed by atoms with Crippen molar-refractivity contribution in [2.24, 2.45) is 0 Å².